The molecule has 8 heteroatoms. The van der Waals surface area contributed by atoms with Crippen LogP contribution in [0.3, 0.4) is 0 Å². The van der Waals surface area contributed by atoms with Crippen LogP contribution in [0.4, 0.5) is 5.69 Å². The van der Waals surface area contributed by atoms with Gasteiger partial charge in [0, 0.05) is 58.2 Å². The van der Waals surface area contributed by atoms with Crippen LogP contribution in [0.5, 0.6) is 11.6 Å². The van der Waals surface area contributed by atoms with E-state index in [1.54, 1.807) is 25.0 Å². The number of carbonyl (C=O) groups is 1. The van der Waals surface area contributed by atoms with Gasteiger partial charge < -0.3 is 19.7 Å². The lowest BCUT2D eigenvalue weighted by Gasteiger charge is -2.36. The monoisotopic (exact) mass is 373 g/mol. The molecule has 0 bridgehead atoms. The number of anilines is 1. The average Bonchev–Trinajstić information content (AvgIpc) is 3.09. The molecule has 1 aliphatic rings. The number of carbonyl (C=O) groups excluding carboxylic acids is 1. The Hall–Kier alpha value is -2.74. The zero-order chi connectivity index (χ0) is 19.2. The van der Waals surface area contributed by atoms with E-state index in [0.717, 1.165) is 38.5 Å². The van der Waals surface area contributed by atoms with E-state index >= 15 is 0 Å². The molecule has 146 valence electrons. The number of rotatable bonds is 7. The first-order valence-corrected chi connectivity index (χ1v) is 9.08. The number of aromatic nitrogens is 2. The fourth-order valence-corrected chi connectivity index (χ4v) is 3.22. The number of hydrogen-bond donors (Lipinski definition) is 1. The molecule has 27 heavy (non-hydrogen) atoms. The number of methoxy groups -OCH3 is 2. The molecule has 1 aliphatic heterocycles. The third kappa shape index (κ3) is 4.71. The van der Waals surface area contributed by atoms with Gasteiger partial charge in [-0.25, -0.2) is 0 Å². The van der Waals surface area contributed by atoms with Crippen LogP contribution < -0.4 is 19.7 Å². The Morgan fingerprint density at radius 1 is 1.11 bits per heavy atom. The van der Waals surface area contributed by atoms with Crippen molar-refractivity contribution < 1.29 is 14.3 Å². The predicted molar refractivity (Wildman–Crippen MR) is 104 cm³/mol. The molecule has 1 aromatic carbocycles. The maximum atomic E-state index is 12.3. The van der Waals surface area contributed by atoms with Crippen molar-refractivity contribution in [3.63, 3.8) is 0 Å². The molecule has 0 radical (unpaired) electrons. The number of ether oxygens (including phenoxy) is 2. The molecular formula is C19H27N5O3. The van der Waals surface area contributed by atoms with E-state index in [9.17, 15) is 4.79 Å². The number of aryl methyl sites for hydroxylation is 1. The minimum atomic E-state index is -0.156. The van der Waals surface area contributed by atoms with E-state index in [1.165, 1.54) is 12.8 Å². The van der Waals surface area contributed by atoms with E-state index < -0.39 is 0 Å². The normalized spacial score (nSPS) is 14.9. The molecule has 1 amide bonds. The molecule has 0 saturated carbocycles. The Bertz CT molecular complexity index is 751. The largest absolute Gasteiger partial charge is 0.497 e. The second-order valence-corrected chi connectivity index (χ2v) is 6.51. The zero-order valence-corrected chi connectivity index (χ0v) is 16.1. The van der Waals surface area contributed by atoms with Gasteiger partial charge in [-0.2, -0.15) is 0 Å². The Morgan fingerprint density at radius 3 is 2.44 bits per heavy atom. The summed E-state index contributed by atoms with van der Waals surface area (Å²) in [6.07, 6.45) is 1.67. The Balaban J connectivity index is 1.42. The summed E-state index contributed by atoms with van der Waals surface area (Å²) in [5.41, 5.74) is 1.68. The third-order valence-electron chi connectivity index (χ3n) is 4.76. The Kier molecular flexibility index (Phi) is 6.18. The number of nitrogens with one attached hydrogen (secondary N) is 1. The smallest absolute Gasteiger partial charge is 0.258 e. The third-order valence-corrected chi connectivity index (χ3v) is 4.76. The summed E-state index contributed by atoms with van der Waals surface area (Å²) in [5.74, 6) is 1.07. The summed E-state index contributed by atoms with van der Waals surface area (Å²) in [6.45, 7) is 5.30. The molecule has 1 aromatic heterocycles. The van der Waals surface area contributed by atoms with Gasteiger partial charge in [-0.3, -0.25) is 14.4 Å². The van der Waals surface area contributed by atoms with Gasteiger partial charge in [-0.05, 0) is 24.3 Å². The van der Waals surface area contributed by atoms with Crippen molar-refractivity contribution in [1.82, 2.24) is 20.0 Å². The second-order valence-electron chi connectivity index (χ2n) is 6.51. The van der Waals surface area contributed by atoms with Gasteiger partial charge >= 0.3 is 0 Å². The molecule has 1 fully saturated rings. The number of benzene rings is 1. The van der Waals surface area contributed by atoms with Gasteiger partial charge in [0.2, 0.25) is 5.88 Å². The molecule has 1 saturated heterocycles. The molecule has 8 nitrogen and oxygen atoms in total. The molecule has 0 atom stereocenters. The van der Waals surface area contributed by atoms with E-state index in [0.29, 0.717) is 18.0 Å². The molecule has 1 N–H and O–H groups in total. The van der Waals surface area contributed by atoms with E-state index in [2.05, 4.69) is 32.3 Å². The summed E-state index contributed by atoms with van der Waals surface area (Å²) in [4.78, 5) is 17.0. The van der Waals surface area contributed by atoms with Crippen LogP contribution in [-0.2, 0) is 7.05 Å². The van der Waals surface area contributed by atoms with E-state index in [-0.39, 0.29) is 5.91 Å². The number of piperazine rings is 1. The highest BCUT2D eigenvalue weighted by Crippen LogP contribution is 2.20. The minimum absolute atomic E-state index is 0.156. The van der Waals surface area contributed by atoms with Crippen LogP contribution in [0.15, 0.2) is 30.5 Å². The SMILES string of the molecule is COc1ccc(N2CCN(CCNC(=O)c3cn(C)nc3OC)CC2)cc1. The number of hydrogen-bond acceptors (Lipinski definition) is 6. The Morgan fingerprint density at radius 2 is 1.81 bits per heavy atom. The summed E-state index contributed by atoms with van der Waals surface area (Å²) < 4.78 is 11.9. The first kappa shape index (κ1) is 19.0. The lowest BCUT2D eigenvalue weighted by Crippen LogP contribution is -2.48. The van der Waals surface area contributed by atoms with Crippen molar-refractivity contribution in [2.24, 2.45) is 7.05 Å². The maximum absolute atomic E-state index is 12.3. The summed E-state index contributed by atoms with van der Waals surface area (Å²) in [6, 6.07) is 8.17. The van der Waals surface area contributed by atoms with Crippen LogP contribution in [-0.4, -0.2) is 74.1 Å². The maximum Gasteiger partial charge on any atom is 0.258 e. The van der Waals surface area contributed by atoms with Crippen molar-refractivity contribution in [3.8, 4) is 11.6 Å². The van der Waals surface area contributed by atoms with Gasteiger partial charge in [0.15, 0.2) is 0 Å². The first-order chi connectivity index (χ1) is 13.1. The minimum Gasteiger partial charge on any atom is -0.497 e. The molecule has 2 heterocycles. The zero-order valence-electron chi connectivity index (χ0n) is 16.1. The van der Waals surface area contributed by atoms with Crippen molar-refractivity contribution >= 4 is 11.6 Å². The summed E-state index contributed by atoms with van der Waals surface area (Å²) in [5, 5.41) is 7.05. The van der Waals surface area contributed by atoms with Crippen LogP contribution in [0, 0.1) is 0 Å². The van der Waals surface area contributed by atoms with Crippen molar-refractivity contribution in [2.75, 3.05) is 58.4 Å². The van der Waals surface area contributed by atoms with Crippen molar-refractivity contribution in [2.45, 2.75) is 0 Å². The molecule has 0 spiro atoms. The highest BCUT2D eigenvalue weighted by molar-refractivity contribution is 5.96. The van der Waals surface area contributed by atoms with Crippen LogP contribution in [0.2, 0.25) is 0 Å². The van der Waals surface area contributed by atoms with Gasteiger partial charge in [0.1, 0.15) is 11.3 Å². The lowest BCUT2D eigenvalue weighted by atomic mass is 10.2. The molecule has 2 aromatic rings. The average molecular weight is 373 g/mol. The topological polar surface area (TPSA) is 71.9 Å². The fraction of sp³-hybridized carbons (Fsp3) is 0.474. The number of nitrogens with zero attached hydrogens (tertiary/aromatic N) is 4. The van der Waals surface area contributed by atoms with Gasteiger partial charge in [-0.15, -0.1) is 5.10 Å². The quantitative estimate of drug-likeness (QED) is 0.780. The van der Waals surface area contributed by atoms with Crippen molar-refractivity contribution in [1.29, 1.82) is 0 Å². The highest BCUT2D eigenvalue weighted by atomic mass is 16.5. The summed E-state index contributed by atoms with van der Waals surface area (Å²) in [7, 11) is 4.96. The van der Waals surface area contributed by atoms with Crippen LogP contribution in [0.25, 0.3) is 0 Å². The highest BCUT2D eigenvalue weighted by Gasteiger charge is 2.19. The Labute approximate surface area is 159 Å². The molecule has 3 rings (SSSR count). The number of amides is 1. The van der Waals surface area contributed by atoms with E-state index in [4.69, 9.17) is 9.47 Å². The van der Waals surface area contributed by atoms with E-state index in [1.807, 2.05) is 12.1 Å². The second kappa shape index (κ2) is 8.77. The van der Waals surface area contributed by atoms with Crippen LogP contribution >= 0.6 is 0 Å². The molecule has 0 unspecified atom stereocenters. The standard InChI is InChI=1S/C19H27N5O3/c1-22-14-17(19(21-22)27-3)18(25)20-8-9-23-10-12-24(13-11-23)15-4-6-16(26-2)7-5-15/h4-7,14H,8-13H2,1-3H3,(H,20,25). The summed E-state index contributed by atoms with van der Waals surface area (Å²) >= 11 is 0. The van der Waals surface area contributed by atoms with Gasteiger partial charge in [0.05, 0.1) is 14.2 Å². The lowest BCUT2D eigenvalue weighted by molar-refractivity contribution is 0.0944. The van der Waals surface area contributed by atoms with Gasteiger partial charge in [0.25, 0.3) is 5.91 Å². The molecular weight excluding hydrogens is 346 g/mol. The first-order valence-electron chi connectivity index (χ1n) is 9.08. The van der Waals surface area contributed by atoms with Gasteiger partial charge in [-0.1, -0.05) is 0 Å². The van der Waals surface area contributed by atoms with Crippen molar-refractivity contribution in [3.05, 3.63) is 36.0 Å². The fourth-order valence-electron chi connectivity index (χ4n) is 3.22. The van der Waals surface area contributed by atoms with Crippen LogP contribution in [0.1, 0.15) is 10.4 Å². The molecule has 0 aliphatic carbocycles. The predicted octanol–water partition coefficient (Wildman–Crippen LogP) is 0.989.